The van der Waals surface area contributed by atoms with Crippen LogP contribution >= 0.6 is 7.82 Å². The van der Waals surface area contributed by atoms with Crippen LogP contribution in [0.25, 0.3) is 0 Å². The highest BCUT2D eigenvalue weighted by Gasteiger charge is 2.26. The standard InChI is InChI=1S/C45H89N2O6P/c1-3-5-7-9-11-13-15-17-18-19-20-21-22-23-24-25-27-29-31-33-35-37-39-45(49)47-43(42-53-54(50,51)52-41-40-46)44(48)38-36-34-32-30-28-26-16-14-12-10-8-6-4-2/h28,30,36,38,43-44,48H,3-27,29,31-35,37,39-42,46H2,1-2H3,(H,47,49)(H,50,51)/b30-28+,38-36+. The van der Waals surface area contributed by atoms with Crippen molar-refractivity contribution in [2.24, 2.45) is 5.73 Å². The molecule has 54 heavy (non-hydrogen) atoms. The van der Waals surface area contributed by atoms with E-state index in [9.17, 15) is 19.4 Å². The molecule has 0 aliphatic rings. The van der Waals surface area contributed by atoms with Gasteiger partial charge < -0.3 is 21.1 Å². The van der Waals surface area contributed by atoms with E-state index in [0.717, 1.165) is 38.5 Å². The van der Waals surface area contributed by atoms with Crippen LogP contribution in [0.1, 0.15) is 226 Å². The molecule has 0 radical (unpaired) electrons. The number of carbonyl (C=O) groups excluding carboxylic acids is 1. The molecule has 0 bridgehead atoms. The number of aliphatic hydroxyl groups excluding tert-OH is 1. The third kappa shape index (κ3) is 39.2. The van der Waals surface area contributed by atoms with Crippen LogP contribution in [0.4, 0.5) is 0 Å². The Morgan fingerprint density at radius 3 is 1.43 bits per heavy atom. The van der Waals surface area contributed by atoms with Crippen LogP contribution < -0.4 is 11.1 Å². The number of phosphoric acid groups is 1. The summed E-state index contributed by atoms with van der Waals surface area (Å²) in [6, 6.07) is -0.872. The number of allylic oxidation sites excluding steroid dienone is 3. The quantitative estimate of drug-likeness (QED) is 0.0275. The van der Waals surface area contributed by atoms with Crippen molar-refractivity contribution in [1.29, 1.82) is 0 Å². The summed E-state index contributed by atoms with van der Waals surface area (Å²) in [5.41, 5.74) is 5.37. The third-order valence-electron chi connectivity index (χ3n) is 10.3. The molecule has 8 nitrogen and oxygen atoms in total. The molecule has 0 heterocycles. The zero-order chi connectivity index (χ0) is 39.6. The molecule has 0 saturated carbocycles. The van der Waals surface area contributed by atoms with Gasteiger partial charge in [-0.05, 0) is 32.1 Å². The van der Waals surface area contributed by atoms with Crippen LogP contribution in [-0.4, -0.2) is 47.8 Å². The number of aliphatic hydroxyl groups is 1. The molecule has 0 aliphatic heterocycles. The molecule has 0 fully saturated rings. The van der Waals surface area contributed by atoms with Crippen molar-refractivity contribution >= 4 is 13.7 Å². The number of hydrogen-bond donors (Lipinski definition) is 4. The normalized spacial score (nSPS) is 14.2. The fourth-order valence-corrected chi connectivity index (χ4v) is 7.56. The van der Waals surface area contributed by atoms with Gasteiger partial charge in [-0.2, -0.15) is 0 Å². The molecule has 5 N–H and O–H groups in total. The molecule has 0 spiro atoms. The van der Waals surface area contributed by atoms with E-state index in [1.165, 1.54) is 167 Å². The lowest BCUT2D eigenvalue weighted by Gasteiger charge is -2.23. The molecular formula is C45H89N2O6P. The maximum atomic E-state index is 12.8. The van der Waals surface area contributed by atoms with E-state index in [1.54, 1.807) is 6.08 Å². The lowest BCUT2D eigenvalue weighted by atomic mass is 10.0. The average Bonchev–Trinajstić information content (AvgIpc) is 3.16. The fourth-order valence-electron chi connectivity index (χ4n) is 6.80. The van der Waals surface area contributed by atoms with Gasteiger partial charge in [-0.25, -0.2) is 4.57 Å². The second-order valence-electron chi connectivity index (χ2n) is 15.6. The van der Waals surface area contributed by atoms with Gasteiger partial charge in [0, 0.05) is 13.0 Å². The molecule has 320 valence electrons. The van der Waals surface area contributed by atoms with Gasteiger partial charge >= 0.3 is 7.82 Å². The summed E-state index contributed by atoms with van der Waals surface area (Å²) in [6.07, 6.45) is 48.1. The van der Waals surface area contributed by atoms with Gasteiger partial charge in [0.2, 0.25) is 5.91 Å². The van der Waals surface area contributed by atoms with Crippen LogP contribution in [0.3, 0.4) is 0 Å². The lowest BCUT2D eigenvalue weighted by Crippen LogP contribution is -2.45. The topological polar surface area (TPSA) is 131 Å². The van der Waals surface area contributed by atoms with Crippen molar-refractivity contribution in [2.75, 3.05) is 19.8 Å². The molecule has 0 aliphatic carbocycles. The second-order valence-corrected chi connectivity index (χ2v) is 17.1. The van der Waals surface area contributed by atoms with E-state index >= 15 is 0 Å². The van der Waals surface area contributed by atoms with Crippen LogP contribution in [0.15, 0.2) is 24.3 Å². The molecular weight excluding hydrogens is 695 g/mol. The van der Waals surface area contributed by atoms with Crippen molar-refractivity contribution in [2.45, 2.75) is 238 Å². The molecule has 0 aromatic rings. The largest absolute Gasteiger partial charge is 0.472 e. The Morgan fingerprint density at radius 1 is 0.593 bits per heavy atom. The predicted molar refractivity (Wildman–Crippen MR) is 231 cm³/mol. The van der Waals surface area contributed by atoms with E-state index < -0.39 is 20.0 Å². The van der Waals surface area contributed by atoms with Crippen molar-refractivity contribution < 1.29 is 28.4 Å². The van der Waals surface area contributed by atoms with Crippen LogP contribution in [0.2, 0.25) is 0 Å². The fraction of sp³-hybridized carbons (Fsp3) is 0.889. The van der Waals surface area contributed by atoms with Gasteiger partial charge in [-0.1, -0.05) is 212 Å². The lowest BCUT2D eigenvalue weighted by molar-refractivity contribution is -0.123. The summed E-state index contributed by atoms with van der Waals surface area (Å²) in [5.74, 6) is -0.201. The molecule has 0 saturated heterocycles. The molecule has 3 atom stereocenters. The first-order chi connectivity index (χ1) is 26.4. The molecule has 0 aromatic carbocycles. The number of rotatable bonds is 43. The van der Waals surface area contributed by atoms with Crippen molar-refractivity contribution in [3.05, 3.63) is 24.3 Å². The summed E-state index contributed by atoms with van der Waals surface area (Å²) < 4.78 is 22.1. The monoisotopic (exact) mass is 785 g/mol. The Hall–Kier alpha value is -1.02. The van der Waals surface area contributed by atoms with Gasteiger partial charge in [0.05, 0.1) is 25.4 Å². The number of carbonyl (C=O) groups is 1. The Bertz CT molecular complexity index is 901. The minimum atomic E-state index is -4.34. The minimum Gasteiger partial charge on any atom is -0.387 e. The number of unbranched alkanes of at least 4 members (excludes halogenated alkanes) is 29. The van der Waals surface area contributed by atoms with Gasteiger partial charge in [0.15, 0.2) is 0 Å². The molecule has 9 heteroatoms. The SMILES string of the molecule is CCCCCCCCC/C=C/CC/C=C/C(O)C(COP(=O)(O)OCCN)NC(=O)CCCCCCCCCCCCCCCCCCCCCCCC. The molecule has 3 unspecified atom stereocenters. The van der Waals surface area contributed by atoms with Crippen molar-refractivity contribution in [1.82, 2.24) is 5.32 Å². The molecule has 0 aromatic heterocycles. The Balaban J connectivity index is 4.10. The summed E-state index contributed by atoms with van der Waals surface area (Å²) in [4.78, 5) is 22.7. The van der Waals surface area contributed by atoms with E-state index in [4.69, 9.17) is 14.8 Å². The van der Waals surface area contributed by atoms with E-state index in [1.807, 2.05) is 6.08 Å². The van der Waals surface area contributed by atoms with Crippen molar-refractivity contribution in [3.63, 3.8) is 0 Å². The predicted octanol–water partition coefficient (Wildman–Crippen LogP) is 12.9. The zero-order valence-electron chi connectivity index (χ0n) is 35.5. The third-order valence-corrected chi connectivity index (χ3v) is 11.3. The first-order valence-corrected chi connectivity index (χ1v) is 24.5. The van der Waals surface area contributed by atoms with Gasteiger partial charge in [-0.3, -0.25) is 13.8 Å². The number of nitrogens with one attached hydrogen (secondary N) is 1. The van der Waals surface area contributed by atoms with E-state index in [0.29, 0.717) is 6.42 Å². The van der Waals surface area contributed by atoms with E-state index in [2.05, 4.69) is 31.3 Å². The smallest absolute Gasteiger partial charge is 0.387 e. The summed E-state index contributed by atoms with van der Waals surface area (Å²) in [6.45, 7) is 4.12. The Labute approximate surface area is 334 Å². The maximum absolute atomic E-state index is 12.8. The number of hydrogen-bond acceptors (Lipinski definition) is 6. The Morgan fingerprint density at radius 2 is 0.981 bits per heavy atom. The van der Waals surface area contributed by atoms with E-state index in [-0.39, 0.29) is 25.7 Å². The average molecular weight is 785 g/mol. The first-order valence-electron chi connectivity index (χ1n) is 23.0. The highest BCUT2D eigenvalue weighted by Crippen LogP contribution is 2.43. The van der Waals surface area contributed by atoms with Gasteiger partial charge in [0.25, 0.3) is 0 Å². The number of amides is 1. The van der Waals surface area contributed by atoms with Gasteiger partial charge in [-0.15, -0.1) is 0 Å². The highest BCUT2D eigenvalue weighted by molar-refractivity contribution is 7.47. The summed E-state index contributed by atoms with van der Waals surface area (Å²) in [7, 11) is -4.34. The number of nitrogens with two attached hydrogens (primary N) is 1. The van der Waals surface area contributed by atoms with Crippen molar-refractivity contribution in [3.8, 4) is 0 Å². The van der Waals surface area contributed by atoms with Crippen LogP contribution in [0.5, 0.6) is 0 Å². The summed E-state index contributed by atoms with van der Waals surface area (Å²) in [5, 5.41) is 13.6. The highest BCUT2D eigenvalue weighted by atomic mass is 31.2. The number of phosphoric ester groups is 1. The zero-order valence-corrected chi connectivity index (χ0v) is 36.4. The Kier molecular flexibility index (Phi) is 40.8. The van der Waals surface area contributed by atoms with Gasteiger partial charge in [0.1, 0.15) is 0 Å². The molecule has 1 amide bonds. The second kappa shape index (κ2) is 41.6. The van der Waals surface area contributed by atoms with Crippen LogP contribution in [0, 0.1) is 0 Å². The summed E-state index contributed by atoms with van der Waals surface area (Å²) >= 11 is 0. The minimum absolute atomic E-state index is 0.0759. The first kappa shape index (κ1) is 53.0. The molecule has 0 rings (SSSR count). The maximum Gasteiger partial charge on any atom is 0.472 e. The van der Waals surface area contributed by atoms with Crippen LogP contribution in [-0.2, 0) is 18.4 Å².